The minimum atomic E-state index is -3.67. The number of carbonyl (C=O) groups is 1. The SMILES string of the molecule is C[C@H](C(=O)NCCC1CCN(C)CC1)N(c1ccc2c(c1)OCCO2)S(C)(=O)=O. The molecule has 1 fully saturated rings. The number of fused-ring (bicyclic) bond motifs is 1. The minimum Gasteiger partial charge on any atom is -0.486 e. The van der Waals surface area contributed by atoms with Crippen LogP contribution in [0.2, 0.25) is 0 Å². The third-order valence-corrected chi connectivity index (χ3v) is 6.80. The minimum absolute atomic E-state index is 0.307. The van der Waals surface area contributed by atoms with Crippen molar-refractivity contribution in [2.45, 2.75) is 32.2 Å². The fourth-order valence-corrected chi connectivity index (χ4v) is 5.04. The Balaban J connectivity index is 1.64. The summed E-state index contributed by atoms with van der Waals surface area (Å²) in [6, 6.07) is 4.05. The van der Waals surface area contributed by atoms with Gasteiger partial charge in [0.2, 0.25) is 15.9 Å². The Kier molecular flexibility index (Phi) is 6.89. The highest BCUT2D eigenvalue weighted by Gasteiger charge is 2.30. The van der Waals surface area contributed by atoms with Crippen LogP contribution in [0.1, 0.15) is 26.2 Å². The van der Waals surface area contributed by atoms with Crippen LogP contribution < -0.4 is 19.1 Å². The molecule has 0 aromatic heterocycles. The van der Waals surface area contributed by atoms with E-state index in [4.69, 9.17) is 9.47 Å². The van der Waals surface area contributed by atoms with E-state index >= 15 is 0 Å². The van der Waals surface area contributed by atoms with Gasteiger partial charge in [-0.2, -0.15) is 0 Å². The molecule has 1 saturated heterocycles. The van der Waals surface area contributed by atoms with Crippen LogP contribution in [-0.2, 0) is 14.8 Å². The van der Waals surface area contributed by atoms with Crippen LogP contribution in [-0.4, -0.2) is 71.4 Å². The quantitative estimate of drug-likeness (QED) is 0.712. The number of nitrogens with one attached hydrogen (secondary N) is 1. The summed E-state index contributed by atoms with van der Waals surface area (Å²) in [5.41, 5.74) is 0.384. The van der Waals surface area contributed by atoms with Crippen LogP contribution in [0.25, 0.3) is 0 Å². The standard InChI is InChI=1S/C20H31N3O5S/c1-15(20(24)21-9-6-16-7-10-22(2)11-8-16)23(29(3,25)26)17-4-5-18-19(14-17)28-13-12-27-18/h4-5,14-16H,6-13H2,1-3H3,(H,21,24)/t15-/m1/s1. The molecule has 1 atom stereocenters. The number of sulfonamides is 1. The van der Waals surface area contributed by atoms with E-state index in [2.05, 4.69) is 17.3 Å². The summed E-state index contributed by atoms with van der Waals surface area (Å²) >= 11 is 0. The molecule has 0 aliphatic carbocycles. The van der Waals surface area contributed by atoms with Crippen LogP contribution >= 0.6 is 0 Å². The first kappa shape index (κ1) is 21.7. The predicted octanol–water partition coefficient (Wildman–Crippen LogP) is 1.46. The van der Waals surface area contributed by atoms with E-state index < -0.39 is 16.1 Å². The molecule has 2 aliphatic heterocycles. The van der Waals surface area contributed by atoms with E-state index in [-0.39, 0.29) is 5.91 Å². The number of benzene rings is 1. The van der Waals surface area contributed by atoms with Crippen LogP contribution in [0.5, 0.6) is 11.5 Å². The fraction of sp³-hybridized carbons (Fsp3) is 0.650. The maximum Gasteiger partial charge on any atom is 0.243 e. The number of nitrogens with zero attached hydrogens (tertiary/aromatic N) is 2. The van der Waals surface area contributed by atoms with E-state index in [1.165, 1.54) is 0 Å². The van der Waals surface area contributed by atoms with Gasteiger partial charge in [0.05, 0.1) is 11.9 Å². The van der Waals surface area contributed by atoms with Gasteiger partial charge in [-0.25, -0.2) is 8.42 Å². The van der Waals surface area contributed by atoms with Crippen LogP contribution in [0.3, 0.4) is 0 Å². The summed E-state index contributed by atoms with van der Waals surface area (Å²) in [6.07, 6.45) is 4.28. The Labute approximate surface area is 173 Å². The molecule has 3 rings (SSSR count). The number of anilines is 1. The number of carbonyl (C=O) groups excluding carboxylic acids is 1. The Morgan fingerprint density at radius 3 is 2.55 bits per heavy atom. The second-order valence-electron chi connectivity index (χ2n) is 7.89. The summed E-state index contributed by atoms with van der Waals surface area (Å²) in [4.78, 5) is 15.0. The lowest BCUT2D eigenvalue weighted by Gasteiger charge is -2.30. The molecular weight excluding hydrogens is 394 g/mol. The highest BCUT2D eigenvalue weighted by atomic mass is 32.2. The normalized spacial score (nSPS) is 18.9. The summed E-state index contributed by atoms with van der Waals surface area (Å²) < 4.78 is 37.1. The summed E-state index contributed by atoms with van der Waals surface area (Å²) in [7, 11) is -1.55. The van der Waals surface area contributed by atoms with Gasteiger partial charge in [0.25, 0.3) is 0 Å². The lowest BCUT2D eigenvalue weighted by Crippen LogP contribution is -2.48. The number of ether oxygens (including phenoxy) is 2. The molecule has 0 bridgehead atoms. The molecule has 9 heteroatoms. The molecular formula is C20H31N3O5S. The van der Waals surface area contributed by atoms with Gasteiger partial charge in [-0.05, 0) is 64.4 Å². The number of piperidine rings is 1. The van der Waals surface area contributed by atoms with Crippen molar-refractivity contribution >= 4 is 21.6 Å². The van der Waals surface area contributed by atoms with Gasteiger partial charge in [-0.1, -0.05) is 0 Å². The van der Waals surface area contributed by atoms with Crippen LogP contribution in [0.4, 0.5) is 5.69 Å². The van der Waals surface area contributed by atoms with Gasteiger partial charge in [0.15, 0.2) is 11.5 Å². The molecule has 162 valence electrons. The van der Waals surface area contributed by atoms with Crippen LogP contribution in [0.15, 0.2) is 18.2 Å². The van der Waals surface area contributed by atoms with Gasteiger partial charge in [-0.15, -0.1) is 0 Å². The Bertz CT molecular complexity index is 821. The van der Waals surface area contributed by atoms with Crippen LogP contribution in [0, 0.1) is 5.92 Å². The highest BCUT2D eigenvalue weighted by Crippen LogP contribution is 2.35. The average Bonchev–Trinajstić information content (AvgIpc) is 2.68. The summed E-state index contributed by atoms with van der Waals surface area (Å²) in [5, 5.41) is 2.91. The Morgan fingerprint density at radius 1 is 1.24 bits per heavy atom. The van der Waals surface area contributed by atoms with Gasteiger partial charge in [0, 0.05) is 12.6 Å². The number of likely N-dealkylation sites (tertiary alicyclic amines) is 1. The van der Waals surface area contributed by atoms with Gasteiger partial charge >= 0.3 is 0 Å². The maximum absolute atomic E-state index is 12.7. The average molecular weight is 426 g/mol. The number of hydrogen-bond donors (Lipinski definition) is 1. The topological polar surface area (TPSA) is 88.2 Å². The van der Waals surface area contributed by atoms with Crippen molar-refractivity contribution in [1.82, 2.24) is 10.2 Å². The van der Waals surface area contributed by atoms with Crippen molar-refractivity contribution < 1.29 is 22.7 Å². The molecule has 0 spiro atoms. The lowest BCUT2D eigenvalue weighted by atomic mass is 9.94. The van der Waals surface area contributed by atoms with E-state index in [9.17, 15) is 13.2 Å². The zero-order valence-electron chi connectivity index (χ0n) is 17.4. The smallest absolute Gasteiger partial charge is 0.243 e. The number of amides is 1. The van der Waals surface area contributed by atoms with E-state index in [1.54, 1.807) is 25.1 Å². The molecule has 8 nitrogen and oxygen atoms in total. The third kappa shape index (κ3) is 5.54. The van der Waals surface area contributed by atoms with Crippen molar-refractivity contribution in [2.24, 2.45) is 5.92 Å². The molecule has 0 unspecified atom stereocenters. The van der Waals surface area contributed by atoms with Gasteiger partial charge < -0.3 is 19.7 Å². The molecule has 1 N–H and O–H groups in total. The molecule has 1 amide bonds. The van der Waals surface area contributed by atoms with Gasteiger partial charge in [0.1, 0.15) is 19.3 Å². The van der Waals surface area contributed by atoms with Crippen molar-refractivity contribution in [3.8, 4) is 11.5 Å². The second-order valence-corrected chi connectivity index (χ2v) is 9.75. The first-order chi connectivity index (χ1) is 13.8. The first-order valence-electron chi connectivity index (χ1n) is 10.1. The number of hydrogen-bond acceptors (Lipinski definition) is 6. The second kappa shape index (κ2) is 9.21. The first-order valence-corrected chi connectivity index (χ1v) is 12.0. The molecule has 29 heavy (non-hydrogen) atoms. The zero-order valence-corrected chi connectivity index (χ0v) is 18.2. The maximum atomic E-state index is 12.7. The summed E-state index contributed by atoms with van der Waals surface area (Å²) in [6.45, 7) is 5.18. The molecule has 2 aliphatic rings. The van der Waals surface area contributed by atoms with Crippen molar-refractivity contribution in [3.63, 3.8) is 0 Å². The van der Waals surface area contributed by atoms with E-state index in [0.717, 1.165) is 42.9 Å². The van der Waals surface area contributed by atoms with Crippen molar-refractivity contribution in [3.05, 3.63) is 18.2 Å². The van der Waals surface area contributed by atoms with Gasteiger partial charge in [-0.3, -0.25) is 9.10 Å². The molecule has 0 radical (unpaired) electrons. The molecule has 0 saturated carbocycles. The van der Waals surface area contributed by atoms with E-state index in [1.807, 2.05) is 0 Å². The largest absolute Gasteiger partial charge is 0.486 e. The molecule has 2 heterocycles. The Morgan fingerprint density at radius 2 is 1.90 bits per heavy atom. The van der Waals surface area contributed by atoms with Crippen molar-refractivity contribution in [1.29, 1.82) is 0 Å². The monoisotopic (exact) mass is 425 g/mol. The molecule has 1 aromatic carbocycles. The van der Waals surface area contributed by atoms with Crippen molar-refractivity contribution in [2.75, 3.05) is 50.5 Å². The zero-order chi connectivity index (χ0) is 21.0. The van der Waals surface area contributed by atoms with E-state index in [0.29, 0.717) is 42.9 Å². The number of rotatable bonds is 7. The predicted molar refractivity (Wildman–Crippen MR) is 112 cm³/mol. The lowest BCUT2D eigenvalue weighted by molar-refractivity contribution is -0.121. The fourth-order valence-electron chi connectivity index (χ4n) is 3.88. The third-order valence-electron chi connectivity index (χ3n) is 5.56. The molecule has 1 aromatic rings. The Hall–Kier alpha value is -2.00. The summed E-state index contributed by atoms with van der Waals surface area (Å²) in [5.74, 6) is 1.35. The highest BCUT2D eigenvalue weighted by molar-refractivity contribution is 7.92.